The van der Waals surface area contributed by atoms with Crippen LogP contribution in [0.1, 0.15) is 48.3 Å². The zero-order valence-electron chi connectivity index (χ0n) is 17.7. The van der Waals surface area contributed by atoms with Crippen LogP contribution in [0.4, 0.5) is 5.82 Å². The topological polar surface area (TPSA) is 78.4 Å². The number of anilines is 1. The van der Waals surface area contributed by atoms with E-state index in [1.165, 1.54) is 0 Å². The third kappa shape index (κ3) is 4.30. The smallest absolute Gasteiger partial charge is 0.227 e. The zero-order chi connectivity index (χ0) is 21.1. The Kier molecular flexibility index (Phi) is 5.97. The van der Waals surface area contributed by atoms with E-state index in [4.69, 9.17) is 9.97 Å². The molecule has 0 saturated carbocycles. The molecule has 0 aliphatic carbocycles. The number of aromatic nitrogens is 2. The molecule has 2 aromatic rings. The maximum Gasteiger partial charge on any atom is 0.227 e. The lowest BCUT2D eigenvalue weighted by molar-refractivity contribution is -0.131. The van der Waals surface area contributed by atoms with Gasteiger partial charge in [-0.2, -0.15) is 0 Å². The van der Waals surface area contributed by atoms with E-state index in [-0.39, 0.29) is 17.7 Å². The maximum absolute atomic E-state index is 12.8. The molecule has 30 heavy (non-hydrogen) atoms. The largest absolute Gasteiger partial charge is 0.373 e. The first kappa shape index (κ1) is 20.3. The first-order chi connectivity index (χ1) is 14.5. The summed E-state index contributed by atoms with van der Waals surface area (Å²) in [7, 11) is 1.89. The van der Waals surface area contributed by atoms with Gasteiger partial charge in [0.25, 0.3) is 0 Å². The monoisotopic (exact) mass is 407 g/mol. The number of carbonyl (C=O) groups is 2. The van der Waals surface area contributed by atoms with Crippen molar-refractivity contribution in [3.05, 3.63) is 53.0 Å². The Balaban J connectivity index is 1.51. The molecule has 1 aromatic carbocycles. The summed E-state index contributed by atoms with van der Waals surface area (Å²) in [6.07, 6.45) is 2.92. The lowest BCUT2D eigenvalue weighted by atomic mass is 9.95. The van der Waals surface area contributed by atoms with Gasteiger partial charge in [0.1, 0.15) is 11.6 Å². The number of hydrogen-bond acceptors (Lipinski definition) is 5. The van der Waals surface area contributed by atoms with Gasteiger partial charge in [-0.15, -0.1) is 0 Å². The Morgan fingerprint density at radius 1 is 1.07 bits per heavy atom. The van der Waals surface area contributed by atoms with Crippen LogP contribution in [0.5, 0.6) is 0 Å². The molecule has 7 heteroatoms. The molecule has 7 nitrogen and oxygen atoms in total. The molecule has 1 N–H and O–H groups in total. The van der Waals surface area contributed by atoms with E-state index in [0.29, 0.717) is 19.5 Å². The van der Waals surface area contributed by atoms with Crippen LogP contribution in [-0.4, -0.2) is 58.3 Å². The molecule has 2 aliphatic heterocycles. The molecular weight excluding hydrogens is 378 g/mol. The number of amides is 2. The van der Waals surface area contributed by atoms with Crippen molar-refractivity contribution in [3.8, 4) is 0 Å². The molecule has 0 atom stereocenters. The second-order valence-corrected chi connectivity index (χ2v) is 8.11. The van der Waals surface area contributed by atoms with Gasteiger partial charge in [0.05, 0.1) is 18.7 Å². The highest BCUT2D eigenvalue weighted by atomic mass is 16.2. The number of piperidine rings is 1. The SMILES string of the molecule is CNc1nc(C2CCN(C(C)=O)CC2)nc2c1CCN(C(=O)Cc1ccccc1)C2. The van der Waals surface area contributed by atoms with Crippen molar-refractivity contribution < 1.29 is 9.59 Å². The van der Waals surface area contributed by atoms with E-state index in [2.05, 4.69) is 5.32 Å². The molecule has 0 radical (unpaired) electrons. The number of rotatable bonds is 4. The Morgan fingerprint density at radius 3 is 2.47 bits per heavy atom. The summed E-state index contributed by atoms with van der Waals surface area (Å²) in [5.74, 6) is 2.21. The van der Waals surface area contributed by atoms with E-state index in [9.17, 15) is 9.59 Å². The van der Waals surface area contributed by atoms with E-state index in [1.54, 1.807) is 6.92 Å². The van der Waals surface area contributed by atoms with Crippen molar-refractivity contribution in [1.82, 2.24) is 19.8 Å². The Hall–Kier alpha value is -2.96. The van der Waals surface area contributed by atoms with Gasteiger partial charge in [0, 0.05) is 45.1 Å². The van der Waals surface area contributed by atoms with E-state index >= 15 is 0 Å². The van der Waals surface area contributed by atoms with E-state index in [0.717, 1.165) is 60.8 Å². The summed E-state index contributed by atoms with van der Waals surface area (Å²) >= 11 is 0. The van der Waals surface area contributed by atoms with Gasteiger partial charge < -0.3 is 15.1 Å². The molecule has 2 amide bonds. The van der Waals surface area contributed by atoms with E-state index in [1.807, 2.05) is 47.2 Å². The maximum atomic E-state index is 12.8. The van der Waals surface area contributed by atoms with Crippen LogP contribution < -0.4 is 5.32 Å². The van der Waals surface area contributed by atoms with Gasteiger partial charge in [-0.3, -0.25) is 9.59 Å². The molecule has 3 heterocycles. The van der Waals surface area contributed by atoms with E-state index < -0.39 is 0 Å². The van der Waals surface area contributed by atoms with Crippen molar-refractivity contribution >= 4 is 17.6 Å². The van der Waals surface area contributed by atoms with Crippen molar-refractivity contribution in [1.29, 1.82) is 0 Å². The predicted octanol–water partition coefficient (Wildman–Crippen LogP) is 2.37. The zero-order valence-corrected chi connectivity index (χ0v) is 17.7. The van der Waals surface area contributed by atoms with Crippen molar-refractivity contribution in [2.75, 3.05) is 32.0 Å². The molecule has 2 aliphatic rings. The highest BCUT2D eigenvalue weighted by Crippen LogP contribution is 2.30. The Morgan fingerprint density at radius 2 is 1.80 bits per heavy atom. The van der Waals surface area contributed by atoms with Crippen LogP contribution >= 0.6 is 0 Å². The summed E-state index contributed by atoms with van der Waals surface area (Å²) in [5.41, 5.74) is 3.10. The highest BCUT2D eigenvalue weighted by molar-refractivity contribution is 5.79. The van der Waals surface area contributed by atoms with Crippen LogP contribution in [0.25, 0.3) is 0 Å². The quantitative estimate of drug-likeness (QED) is 0.842. The first-order valence-electron chi connectivity index (χ1n) is 10.7. The van der Waals surface area contributed by atoms with Crippen LogP contribution in [-0.2, 0) is 29.0 Å². The van der Waals surface area contributed by atoms with Gasteiger partial charge in [-0.05, 0) is 24.8 Å². The lowest BCUT2D eigenvalue weighted by Gasteiger charge is -2.33. The summed E-state index contributed by atoms with van der Waals surface area (Å²) in [5, 5.41) is 3.23. The number of nitrogens with zero attached hydrogens (tertiary/aromatic N) is 4. The molecule has 1 aromatic heterocycles. The van der Waals surface area contributed by atoms with Crippen LogP contribution in [0, 0.1) is 0 Å². The second kappa shape index (κ2) is 8.81. The fraction of sp³-hybridized carbons (Fsp3) is 0.478. The average Bonchev–Trinajstić information content (AvgIpc) is 2.78. The molecule has 1 fully saturated rings. The molecule has 1 saturated heterocycles. The Labute approximate surface area is 177 Å². The van der Waals surface area contributed by atoms with Gasteiger partial charge >= 0.3 is 0 Å². The third-order valence-electron chi connectivity index (χ3n) is 6.18. The van der Waals surface area contributed by atoms with Gasteiger partial charge in [0.2, 0.25) is 11.8 Å². The Bertz CT molecular complexity index is 923. The number of nitrogens with one attached hydrogen (secondary N) is 1. The minimum absolute atomic E-state index is 0.128. The number of carbonyl (C=O) groups excluding carboxylic acids is 2. The fourth-order valence-corrected chi connectivity index (χ4v) is 4.39. The van der Waals surface area contributed by atoms with Crippen molar-refractivity contribution in [3.63, 3.8) is 0 Å². The second-order valence-electron chi connectivity index (χ2n) is 8.11. The molecule has 0 spiro atoms. The van der Waals surface area contributed by atoms with Crippen molar-refractivity contribution in [2.24, 2.45) is 0 Å². The summed E-state index contributed by atoms with van der Waals surface area (Å²) in [4.78, 5) is 38.0. The number of likely N-dealkylation sites (tertiary alicyclic amines) is 1. The average molecular weight is 408 g/mol. The minimum atomic E-state index is 0.128. The van der Waals surface area contributed by atoms with Gasteiger partial charge in [-0.1, -0.05) is 30.3 Å². The van der Waals surface area contributed by atoms with Crippen LogP contribution in [0.3, 0.4) is 0 Å². The van der Waals surface area contributed by atoms with Gasteiger partial charge in [0.15, 0.2) is 0 Å². The van der Waals surface area contributed by atoms with Crippen LogP contribution in [0.2, 0.25) is 0 Å². The summed E-state index contributed by atoms with van der Waals surface area (Å²) in [6, 6.07) is 9.86. The highest BCUT2D eigenvalue weighted by Gasteiger charge is 2.29. The molecule has 0 unspecified atom stereocenters. The molecule has 158 valence electrons. The molecule has 0 bridgehead atoms. The number of benzene rings is 1. The molecule has 4 rings (SSSR count). The van der Waals surface area contributed by atoms with Crippen LogP contribution in [0.15, 0.2) is 30.3 Å². The fourth-order valence-electron chi connectivity index (χ4n) is 4.39. The lowest BCUT2D eigenvalue weighted by Crippen LogP contribution is -2.39. The standard InChI is InChI=1S/C23H29N5O2/c1-16(29)27-11-8-18(9-12-27)22-25-20-15-28(13-10-19(20)23(24-2)26-22)21(30)14-17-6-4-3-5-7-17/h3-7,18H,8-15H2,1-2H3,(H,24,25,26). The normalized spacial score (nSPS) is 16.9. The minimum Gasteiger partial charge on any atom is -0.373 e. The number of hydrogen-bond donors (Lipinski definition) is 1. The third-order valence-corrected chi connectivity index (χ3v) is 6.18. The molecular formula is C23H29N5O2. The predicted molar refractivity (Wildman–Crippen MR) is 115 cm³/mol. The van der Waals surface area contributed by atoms with Gasteiger partial charge in [-0.25, -0.2) is 9.97 Å². The van der Waals surface area contributed by atoms with Crippen molar-refractivity contribution in [2.45, 2.75) is 45.1 Å². The summed E-state index contributed by atoms with van der Waals surface area (Å²) < 4.78 is 0. The first-order valence-corrected chi connectivity index (χ1v) is 10.7. The summed E-state index contributed by atoms with van der Waals surface area (Å²) in [6.45, 7) is 4.33. The number of fused-ring (bicyclic) bond motifs is 1.